The van der Waals surface area contributed by atoms with Crippen LogP contribution in [0.3, 0.4) is 0 Å². The molecule has 0 aromatic heterocycles. The van der Waals surface area contributed by atoms with E-state index in [1.165, 1.54) is 32.7 Å². The van der Waals surface area contributed by atoms with Gasteiger partial charge in [-0.1, -0.05) is 48.5 Å². The summed E-state index contributed by atoms with van der Waals surface area (Å²) >= 11 is 0. The van der Waals surface area contributed by atoms with Crippen molar-refractivity contribution in [2.24, 2.45) is 0 Å². The minimum absolute atomic E-state index is 0.169. The predicted molar refractivity (Wildman–Crippen MR) is 125 cm³/mol. The highest BCUT2D eigenvalue weighted by Gasteiger charge is 2.13. The fourth-order valence-corrected chi connectivity index (χ4v) is 3.88. The van der Waals surface area contributed by atoms with Crippen molar-refractivity contribution in [2.75, 3.05) is 52.5 Å². The highest BCUT2D eigenvalue weighted by atomic mass is 16.3. The van der Waals surface area contributed by atoms with Crippen LogP contribution in [0.4, 0.5) is 0 Å². The van der Waals surface area contributed by atoms with Gasteiger partial charge < -0.3 is 31.5 Å². The van der Waals surface area contributed by atoms with Crippen molar-refractivity contribution in [1.29, 1.82) is 0 Å². The fraction of sp³-hybridized carbons (Fsp3) is 0.417. The molecule has 30 heavy (non-hydrogen) atoms. The molecule has 0 unspecified atom stereocenters. The van der Waals surface area contributed by atoms with Gasteiger partial charge in [0.05, 0.1) is 13.2 Å². The fourth-order valence-electron chi connectivity index (χ4n) is 3.88. The van der Waals surface area contributed by atoms with Gasteiger partial charge in [-0.05, 0) is 32.7 Å². The number of aliphatic hydroxyl groups is 2. The zero-order chi connectivity index (χ0) is 21.0. The zero-order valence-electron chi connectivity index (χ0n) is 17.6. The monoisotopic (exact) mass is 410 g/mol. The Hall–Kier alpha value is -2.06. The third-order valence-corrected chi connectivity index (χ3v) is 5.29. The summed E-state index contributed by atoms with van der Waals surface area (Å²) in [6.45, 7) is 6.59. The van der Waals surface area contributed by atoms with Crippen LogP contribution in [0.1, 0.15) is 11.1 Å². The number of hydrogen-bond acceptors (Lipinski definition) is 6. The van der Waals surface area contributed by atoms with E-state index >= 15 is 0 Å². The lowest BCUT2D eigenvalue weighted by Gasteiger charge is -2.18. The lowest BCUT2D eigenvalue weighted by molar-refractivity contribution is 0.292. The van der Waals surface area contributed by atoms with E-state index in [1.54, 1.807) is 0 Å². The second-order valence-corrected chi connectivity index (χ2v) is 7.35. The zero-order valence-corrected chi connectivity index (χ0v) is 17.6. The predicted octanol–water partition coefficient (Wildman–Crippen LogP) is 1.34. The number of aliphatic hydroxyl groups excluding tert-OH is 2. The minimum Gasteiger partial charge on any atom is -0.395 e. The van der Waals surface area contributed by atoms with E-state index in [-0.39, 0.29) is 13.2 Å². The molecule has 0 spiro atoms. The minimum atomic E-state index is 0.169. The lowest BCUT2D eigenvalue weighted by atomic mass is 9.91. The molecule has 0 aliphatic heterocycles. The Balaban J connectivity index is 1.81. The van der Waals surface area contributed by atoms with Crippen molar-refractivity contribution in [2.45, 2.75) is 13.1 Å². The summed E-state index contributed by atoms with van der Waals surface area (Å²) in [5.41, 5.74) is 2.66. The number of nitrogens with one attached hydrogen (secondary N) is 4. The topological polar surface area (TPSA) is 88.6 Å². The van der Waals surface area contributed by atoms with Crippen LogP contribution in [0.5, 0.6) is 0 Å². The normalized spacial score (nSPS) is 11.5. The average Bonchev–Trinajstić information content (AvgIpc) is 2.79. The molecule has 3 aromatic carbocycles. The molecule has 0 saturated heterocycles. The lowest BCUT2D eigenvalue weighted by Crippen LogP contribution is -2.29. The summed E-state index contributed by atoms with van der Waals surface area (Å²) < 4.78 is 0. The van der Waals surface area contributed by atoms with Gasteiger partial charge in [-0.3, -0.25) is 0 Å². The van der Waals surface area contributed by atoms with Crippen LogP contribution in [0.15, 0.2) is 48.5 Å². The van der Waals surface area contributed by atoms with Gasteiger partial charge in [0.25, 0.3) is 0 Å². The molecular weight excluding hydrogens is 376 g/mol. The van der Waals surface area contributed by atoms with E-state index in [0.717, 1.165) is 39.3 Å². The first-order valence-electron chi connectivity index (χ1n) is 10.8. The Kier molecular flexibility index (Phi) is 9.50. The van der Waals surface area contributed by atoms with Crippen LogP contribution < -0.4 is 21.3 Å². The molecule has 3 rings (SSSR count). The number of fused-ring (bicyclic) bond motifs is 2. The second kappa shape index (κ2) is 12.6. The van der Waals surface area contributed by atoms with E-state index < -0.39 is 0 Å². The van der Waals surface area contributed by atoms with Crippen molar-refractivity contribution in [3.63, 3.8) is 0 Å². The van der Waals surface area contributed by atoms with Crippen LogP contribution in [0.2, 0.25) is 0 Å². The Labute approximate surface area is 178 Å². The van der Waals surface area contributed by atoms with Crippen LogP contribution >= 0.6 is 0 Å². The molecule has 0 aliphatic rings. The third kappa shape index (κ3) is 5.98. The third-order valence-electron chi connectivity index (χ3n) is 5.29. The van der Waals surface area contributed by atoms with E-state index in [2.05, 4.69) is 69.8 Å². The molecule has 6 nitrogen and oxygen atoms in total. The van der Waals surface area contributed by atoms with Crippen LogP contribution in [-0.2, 0) is 13.1 Å². The maximum absolute atomic E-state index is 8.88. The maximum Gasteiger partial charge on any atom is 0.0555 e. The summed E-state index contributed by atoms with van der Waals surface area (Å²) in [6, 6.07) is 17.3. The first-order valence-corrected chi connectivity index (χ1v) is 10.8. The average molecular weight is 411 g/mol. The quantitative estimate of drug-likeness (QED) is 0.178. The summed E-state index contributed by atoms with van der Waals surface area (Å²) in [6.07, 6.45) is 0. The molecule has 0 atom stereocenters. The van der Waals surface area contributed by atoms with Gasteiger partial charge in [0.2, 0.25) is 0 Å². The van der Waals surface area contributed by atoms with Gasteiger partial charge in [-0.2, -0.15) is 0 Å². The Morgan fingerprint density at radius 2 is 0.800 bits per heavy atom. The molecule has 162 valence electrons. The van der Waals surface area contributed by atoms with Crippen molar-refractivity contribution < 1.29 is 10.2 Å². The molecule has 0 saturated carbocycles. The molecule has 0 aliphatic carbocycles. The highest BCUT2D eigenvalue weighted by molar-refractivity contribution is 6.05. The molecule has 3 aromatic rings. The molecule has 0 bridgehead atoms. The van der Waals surface area contributed by atoms with Gasteiger partial charge in [-0.25, -0.2) is 0 Å². The number of rotatable bonds is 14. The summed E-state index contributed by atoms with van der Waals surface area (Å²) in [5, 5.41) is 36.4. The molecule has 0 heterocycles. The number of benzene rings is 3. The van der Waals surface area contributed by atoms with E-state index in [0.29, 0.717) is 13.1 Å². The Bertz CT molecular complexity index is 785. The summed E-state index contributed by atoms with van der Waals surface area (Å²) in [4.78, 5) is 0. The van der Waals surface area contributed by atoms with Crippen molar-refractivity contribution >= 4 is 21.5 Å². The van der Waals surface area contributed by atoms with Crippen LogP contribution in [-0.4, -0.2) is 62.7 Å². The van der Waals surface area contributed by atoms with Gasteiger partial charge >= 0.3 is 0 Å². The largest absolute Gasteiger partial charge is 0.395 e. The molecular formula is C24H34N4O2. The molecule has 0 fully saturated rings. The van der Waals surface area contributed by atoms with Gasteiger partial charge in [-0.15, -0.1) is 0 Å². The van der Waals surface area contributed by atoms with Crippen molar-refractivity contribution in [3.8, 4) is 0 Å². The molecule has 6 heteroatoms. The first kappa shape index (κ1) is 22.6. The van der Waals surface area contributed by atoms with Crippen LogP contribution in [0, 0.1) is 0 Å². The highest BCUT2D eigenvalue weighted by Crippen LogP contribution is 2.32. The number of hydrogen-bond donors (Lipinski definition) is 6. The molecule has 6 N–H and O–H groups in total. The summed E-state index contributed by atoms with van der Waals surface area (Å²) in [7, 11) is 0. The summed E-state index contributed by atoms with van der Waals surface area (Å²) in [5.74, 6) is 0. The van der Waals surface area contributed by atoms with Gasteiger partial charge in [0, 0.05) is 52.4 Å². The maximum atomic E-state index is 8.88. The van der Waals surface area contributed by atoms with E-state index in [4.69, 9.17) is 10.2 Å². The van der Waals surface area contributed by atoms with E-state index in [9.17, 15) is 0 Å². The molecule has 0 radical (unpaired) electrons. The standard InChI is InChI=1S/C24H34N4O2/c29-15-13-25-9-11-27-17-23-19-5-1-2-6-20(19)24(18-28-12-10-26-14-16-30)22-8-4-3-7-21(22)23/h1-8,25-30H,9-18H2. The van der Waals surface area contributed by atoms with E-state index in [1.807, 2.05) is 0 Å². The SMILES string of the molecule is OCCNCCNCc1c2ccccc2c(CNCCNCCO)c2ccccc12. The molecule has 0 amide bonds. The second-order valence-electron chi connectivity index (χ2n) is 7.35. The van der Waals surface area contributed by atoms with Gasteiger partial charge in [0.1, 0.15) is 0 Å². The van der Waals surface area contributed by atoms with Crippen molar-refractivity contribution in [1.82, 2.24) is 21.3 Å². The Morgan fingerprint density at radius 3 is 1.13 bits per heavy atom. The van der Waals surface area contributed by atoms with Crippen molar-refractivity contribution in [3.05, 3.63) is 59.7 Å². The van der Waals surface area contributed by atoms with Crippen LogP contribution in [0.25, 0.3) is 21.5 Å². The Morgan fingerprint density at radius 1 is 0.467 bits per heavy atom. The van der Waals surface area contributed by atoms with Gasteiger partial charge in [0.15, 0.2) is 0 Å². The smallest absolute Gasteiger partial charge is 0.0555 e. The first-order chi connectivity index (χ1) is 14.9.